The molecule has 0 aliphatic carbocycles. The van der Waals surface area contributed by atoms with Crippen molar-refractivity contribution in [3.05, 3.63) is 0 Å². The van der Waals surface area contributed by atoms with Gasteiger partial charge in [-0.2, -0.15) is 0 Å². The Labute approximate surface area is 89.9 Å². The Kier molecular flexibility index (Phi) is 11.1. The van der Waals surface area contributed by atoms with Gasteiger partial charge in [-0.3, -0.25) is 0 Å². The molecule has 1 N–H and O–H groups in total. The van der Waals surface area contributed by atoms with Gasteiger partial charge in [0.1, 0.15) is 0 Å². The van der Waals surface area contributed by atoms with Crippen molar-refractivity contribution in [2.45, 2.75) is 25.6 Å². The lowest BCUT2D eigenvalue weighted by Crippen LogP contribution is -2.31. The lowest BCUT2D eigenvalue weighted by molar-refractivity contribution is -0.251. The van der Waals surface area contributed by atoms with Crippen molar-refractivity contribution in [1.29, 1.82) is 0 Å². The van der Waals surface area contributed by atoms with Crippen LogP contribution in [0.1, 0.15) is 19.3 Å². The Hall–Kier alpha value is 0.0348. The molecular weight excluding hydrogens is 177 g/mol. The summed E-state index contributed by atoms with van der Waals surface area (Å²) in [6.07, 6.45) is 4.10. The number of unbranched alkanes of at least 4 members (excludes halogenated alkanes) is 2. The monoisotopic (exact) mass is 192 g/mol. The Morgan fingerprint density at radius 3 is 2.29 bits per heavy atom. The third-order valence-electron chi connectivity index (χ3n) is 1.76. The normalized spacial score (nSPS) is 10.9. The number of nitrogens with one attached hydrogen (secondary N) is 1. The lowest BCUT2D eigenvalue weighted by atomic mass is 9.99. The van der Waals surface area contributed by atoms with Crippen molar-refractivity contribution >= 4 is 23.9 Å². The highest BCUT2D eigenvalue weighted by Gasteiger charge is 1.98. The second kappa shape index (κ2) is 11.1. The Morgan fingerprint density at radius 2 is 1.71 bits per heavy atom. The summed E-state index contributed by atoms with van der Waals surface area (Å²) in [5.41, 5.74) is 0. The summed E-state index contributed by atoms with van der Waals surface area (Å²) in [6.45, 7) is 2.13. The smallest absolute Gasteiger partial charge is 0.320 e. The molecule has 0 aliphatic heterocycles. The minimum absolute atomic E-state index is 0.476. The third-order valence-corrected chi connectivity index (χ3v) is 1.76. The van der Waals surface area contributed by atoms with Crippen LogP contribution in [-0.4, -0.2) is 48.8 Å². The minimum Gasteiger partial charge on any atom is -0.354 e. The molecule has 0 aromatic carbocycles. The fourth-order valence-corrected chi connectivity index (χ4v) is 0.997. The molecule has 0 amide bonds. The SMILES string of the molecule is [B]CCCCCNCCN(O[B])O[B]. The molecule has 0 rings (SSSR count). The van der Waals surface area contributed by atoms with Crippen molar-refractivity contribution in [3.63, 3.8) is 0 Å². The fraction of sp³-hybridized carbons (Fsp3) is 1.00. The van der Waals surface area contributed by atoms with Gasteiger partial charge < -0.3 is 14.8 Å². The van der Waals surface area contributed by atoms with Crippen LogP contribution >= 0.6 is 0 Å². The van der Waals surface area contributed by atoms with E-state index in [2.05, 4.69) is 14.8 Å². The van der Waals surface area contributed by atoms with E-state index in [-0.39, 0.29) is 0 Å². The summed E-state index contributed by atoms with van der Waals surface area (Å²) in [5, 5.41) is 4.18. The maximum atomic E-state index is 5.36. The van der Waals surface area contributed by atoms with Crippen LogP contribution in [0.15, 0.2) is 0 Å². The van der Waals surface area contributed by atoms with Gasteiger partial charge in [0.15, 0.2) is 0 Å². The predicted octanol–water partition coefficient (Wildman–Crippen LogP) is -0.335. The van der Waals surface area contributed by atoms with Crippen molar-refractivity contribution < 1.29 is 9.51 Å². The van der Waals surface area contributed by atoms with Gasteiger partial charge in [-0.25, -0.2) is 0 Å². The first-order valence-electron chi connectivity index (χ1n) is 4.77. The van der Waals surface area contributed by atoms with Gasteiger partial charge in [0.2, 0.25) is 0 Å². The zero-order chi connectivity index (χ0) is 10.6. The van der Waals surface area contributed by atoms with E-state index >= 15 is 0 Å². The van der Waals surface area contributed by atoms with Crippen LogP contribution < -0.4 is 5.32 Å². The van der Waals surface area contributed by atoms with E-state index in [1.165, 1.54) is 0 Å². The van der Waals surface area contributed by atoms with E-state index in [1.807, 2.05) is 0 Å². The molecule has 0 spiro atoms. The molecule has 14 heavy (non-hydrogen) atoms. The molecule has 0 aromatic heterocycles. The molecule has 0 heterocycles. The van der Waals surface area contributed by atoms with Gasteiger partial charge in [-0.1, -0.05) is 24.4 Å². The van der Waals surface area contributed by atoms with Gasteiger partial charge in [0.05, 0.1) is 14.4 Å². The van der Waals surface area contributed by atoms with Crippen LogP contribution in [0.25, 0.3) is 0 Å². The zero-order valence-corrected chi connectivity index (χ0v) is 8.45. The van der Waals surface area contributed by atoms with Gasteiger partial charge in [-0.15, -0.1) is 0 Å². The number of nitrogens with zero attached hydrogens (tertiary/aromatic N) is 1. The Bertz CT molecular complexity index is 117. The average molecular weight is 192 g/mol. The maximum absolute atomic E-state index is 5.36. The third kappa shape index (κ3) is 8.63. The van der Waals surface area contributed by atoms with Crippen LogP contribution in [0.4, 0.5) is 0 Å². The molecule has 74 valence electrons. The Morgan fingerprint density at radius 1 is 1.00 bits per heavy atom. The molecule has 6 radical (unpaired) electrons. The molecule has 7 heteroatoms. The average Bonchev–Trinajstić information content (AvgIpc) is 2.22. The van der Waals surface area contributed by atoms with E-state index in [4.69, 9.17) is 23.9 Å². The van der Waals surface area contributed by atoms with Crippen LogP contribution in [0.2, 0.25) is 6.32 Å². The maximum Gasteiger partial charge on any atom is 0.320 e. The van der Waals surface area contributed by atoms with Crippen molar-refractivity contribution in [2.24, 2.45) is 0 Å². The molecular formula is C7H15B3N2O2. The molecule has 0 aliphatic rings. The number of hydroxylamine groups is 2. The van der Waals surface area contributed by atoms with Crippen LogP contribution in [0.3, 0.4) is 0 Å². The molecule has 0 saturated heterocycles. The van der Waals surface area contributed by atoms with Gasteiger partial charge >= 0.3 is 16.1 Å². The zero-order valence-electron chi connectivity index (χ0n) is 8.45. The quantitative estimate of drug-likeness (QED) is 0.291. The largest absolute Gasteiger partial charge is 0.354 e. The molecule has 0 aromatic rings. The topological polar surface area (TPSA) is 33.7 Å². The standard InChI is InChI=1S/C7H15B3N2O2/c8-4-2-1-3-5-11-6-7-12(13-9)14-10/h11H,1-7H2. The highest BCUT2D eigenvalue weighted by atomic mass is 16.9. The molecule has 0 atom stereocenters. The lowest BCUT2D eigenvalue weighted by Gasteiger charge is -2.17. The Balaban J connectivity index is 3.04. The summed E-state index contributed by atoms with van der Waals surface area (Å²) in [5.74, 6) is 0. The molecule has 0 saturated carbocycles. The molecule has 4 nitrogen and oxygen atoms in total. The van der Waals surface area contributed by atoms with Crippen LogP contribution in [0.5, 0.6) is 0 Å². The fourth-order valence-electron chi connectivity index (χ4n) is 0.997. The minimum atomic E-state index is 0.476. The summed E-state index contributed by atoms with van der Waals surface area (Å²) in [4.78, 5) is 0. The van der Waals surface area contributed by atoms with E-state index in [1.54, 1.807) is 0 Å². The van der Waals surface area contributed by atoms with Gasteiger partial charge in [0, 0.05) is 6.54 Å². The van der Waals surface area contributed by atoms with E-state index in [0.717, 1.165) is 37.4 Å². The number of hydrogen-bond acceptors (Lipinski definition) is 4. The van der Waals surface area contributed by atoms with E-state index in [9.17, 15) is 0 Å². The van der Waals surface area contributed by atoms with E-state index < -0.39 is 0 Å². The summed E-state index contributed by atoms with van der Waals surface area (Å²) in [6, 6.07) is 0. The van der Waals surface area contributed by atoms with Crippen molar-refractivity contribution in [3.8, 4) is 0 Å². The highest BCUT2D eigenvalue weighted by molar-refractivity contribution is 6.08. The molecule has 0 fully saturated rings. The van der Waals surface area contributed by atoms with E-state index in [0.29, 0.717) is 13.1 Å². The van der Waals surface area contributed by atoms with Crippen molar-refractivity contribution in [2.75, 3.05) is 19.6 Å². The second-order valence-corrected chi connectivity index (χ2v) is 2.87. The summed E-state index contributed by atoms with van der Waals surface area (Å²) >= 11 is 0. The predicted molar refractivity (Wildman–Crippen MR) is 57.7 cm³/mol. The van der Waals surface area contributed by atoms with Crippen LogP contribution in [0, 0.1) is 0 Å². The number of hydrogen-bond donors (Lipinski definition) is 1. The first-order valence-corrected chi connectivity index (χ1v) is 4.77. The molecule has 0 unspecified atom stereocenters. The molecule has 0 bridgehead atoms. The van der Waals surface area contributed by atoms with Crippen molar-refractivity contribution in [1.82, 2.24) is 10.5 Å². The second-order valence-electron chi connectivity index (χ2n) is 2.87. The van der Waals surface area contributed by atoms with Crippen LogP contribution in [-0.2, 0) is 9.51 Å². The van der Waals surface area contributed by atoms with Gasteiger partial charge in [-0.05, 0) is 13.0 Å². The first-order chi connectivity index (χ1) is 6.85. The summed E-state index contributed by atoms with van der Waals surface area (Å²) < 4.78 is 8.55. The number of rotatable bonds is 10. The summed E-state index contributed by atoms with van der Waals surface area (Å²) in [7, 11) is 15.0. The first kappa shape index (κ1) is 14.0. The highest BCUT2D eigenvalue weighted by Crippen LogP contribution is 1.95. The van der Waals surface area contributed by atoms with Gasteiger partial charge in [0.25, 0.3) is 0 Å².